The lowest BCUT2D eigenvalue weighted by Gasteiger charge is -2.11. The molecule has 4 nitrogen and oxygen atoms in total. The molecule has 1 atom stereocenters. The van der Waals surface area contributed by atoms with Gasteiger partial charge in [0.25, 0.3) is 0 Å². The largest absolute Gasteiger partial charge is 0.491 e. The molecule has 88 valence electrons. The lowest BCUT2D eigenvalue weighted by Crippen LogP contribution is -2.36. The molecule has 1 rings (SSSR count). The summed E-state index contributed by atoms with van der Waals surface area (Å²) in [7, 11) is 0. The van der Waals surface area contributed by atoms with Gasteiger partial charge in [-0.2, -0.15) is 0 Å². The Hall–Kier alpha value is -1.26. The molecule has 3 N–H and O–H groups in total. The van der Waals surface area contributed by atoms with E-state index in [1.807, 2.05) is 13.8 Å². The van der Waals surface area contributed by atoms with Crippen molar-refractivity contribution in [2.24, 2.45) is 5.73 Å². The first-order chi connectivity index (χ1) is 7.41. The second-order valence-electron chi connectivity index (χ2n) is 3.63. The Morgan fingerprint density at radius 3 is 2.44 bits per heavy atom. The van der Waals surface area contributed by atoms with E-state index in [1.165, 1.54) is 0 Å². The van der Waals surface area contributed by atoms with E-state index in [9.17, 15) is 4.79 Å². The number of carboxylic acid groups (broad SMARTS) is 1. The SMILES string of the molecule is Cc1cc(OCC(N)C(=O)O)cc(C)c1Cl. The number of carbonyl (C=O) groups is 1. The Bertz CT molecular complexity index is 383. The van der Waals surface area contributed by atoms with Gasteiger partial charge in [0.2, 0.25) is 0 Å². The summed E-state index contributed by atoms with van der Waals surface area (Å²) in [5.74, 6) is -0.501. The fourth-order valence-electron chi connectivity index (χ4n) is 1.25. The Labute approximate surface area is 99.0 Å². The van der Waals surface area contributed by atoms with Crippen molar-refractivity contribution in [1.29, 1.82) is 0 Å². The van der Waals surface area contributed by atoms with Gasteiger partial charge in [-0.3, -0.25) is 4.79 Å². The number of rotatable bonds is 4. The zero-order valence-corrected chi connectivity index (χ0v) is 9.91. The molecule has 1 aromatic carbocycles. The fourth-order valence-corrected chi connectivity index (χ4v) is 1.36. The summed E-state index contributed by atoms with van der Waals surface area (Å²) < 4.78 is 5.28. The van der Waals surface area contributed by atoms with Crippen LogP contribution < -0.4 is 10.5 Å². The Balaban J connectivity index is 2.72. The Morgan fingerprint density at radius 2 is 2.00 bits per heavy atom. The molecule has 0 spiro atoms. The zero-order chi connectivity index (χ0) is 12.3. The van der Waals surface area contributed by atoms with Crippen molar-refractivity contribution in [3.63, 3.8) is 0 Å². The minimum Gasteiger partial charge on any atom is -0.491 e. The van der Waals surface area contributed by atoms with Gasteiger partial charge in [0.15, 0.2) is 0 Å². The first kappa shape index (κ1) is 12.8. The number of aryl methyl sites for hydroxylation is 2. The number of nitrogens with two attached hydrogens (primary N) is 1. The Kier molecular flexibility index (Phi) is 4.15. The summed E-state index contributed by atoms with van der Waals surface area (Å²) in [6.07, 6.45) is 0. The highest BCUT2D eigenvalue weighted by molar-refractivity contribution is 6.32. The van der Waals surface area contributed by atoms with Gasteiger partial charge in [-0.25, -0.2) is 0 Å². The van der Waals surface area contributed by atoms with Crippen LogP contribution in [-0.4, -0.2) is 23.7 Å². The molecular weight excluding hydrogens is 230 g/mol. The molecule has 0 saturated heterocycles. The van der Waals surface area contributed by atoms with Crippen LogP contribution in [0.1, 0.15) is 11.1 Å². The smallest absolute Gasteiger partial charge is 0.324 e. The number of ether oxygens (including phenoxy) is 1. The van der Waals surface area contributed by atoms with Crippen LogP contribution in [0.25, 0.3) is 0 Å². The minimum absolute atomic E-state index is 0.0597. The third kappa shape index (κ3) is 3.12. The van der Waals surface area contributed by atoms with Gasteiger partial charge in [-0.1, -0.05) is 11.6 Å². The summed E-state index contributed by atoms with van der Waals surface area (Å²) >= 11 is 5.99. The molecule has 5 heteroatoms. The molecule has 0 aliphatic rings. The van der Waals surface area contributed by atoms with E-state index in [2.05, 4.69) is 0 Å². The lowest BCUT2D eigenvalue weighted by atomic mass is 10.1. The van der Waals surface area contributed by atoms with Crippen LogP contribution >= 0.6 is 11.6 Å². The third-order valence-electron chi connectivity index (χ3n) is 2.16. The maximum atomic E-state index is 10.5. The zero-order valence-electron chi connectivity index (χ0n) is 9.16. The van der Waals surface area contributed by atoms with Gasteiger partial charge in [0.1, 0.15) is 18.4 Å². The van der Waals surface area contributed by atoms with Crippen molar-refractivity contribution in [3.05, 3.63) is 28.3 Å². The quantitative estimate of drug-likeness (QED) is 0.845. The van der Waals surface area contributed by atoms with Crippen LogP contribution in [0.15, 0.2) is 12.1 Å². The van der Waals surface area contributed by atoms with Gasteiger partial charge in [-0.15, -0.1) is 0 Å². The normalized spacial score (nSPS) is 12.2. The average molecular weight is 244 g/mol. The second kappa shape index (κ2) is 5.18. The van der Waals surface area contributed by atoms with Crippen LogP contribution in [-0.2, 0) is 4.79 Å². The van der Waals surface area contributed by atoms with Crippen molar-refractivity contribution < 1.29 is 14.6 Å². The number of halogens is 1. The standard InChI is InChI=1S/C11H14ClNO3/c1-6-3-8(4-7(2)10(6)12)16-5-9(13)11(14)15/h3-4,9H,5,13H2,1-2H3,(H,14,15). The summed E-state index contributed by atoms with van der Waals surface area (Å²) in [6.45, 7) is 3.66. The molecule has 0 saturated carbocycles. The highest BCUT2D eigenvalue weighted by Crippen LogP contribution is 2.25. The summed E-state index contributed by atoms with van der Waals surface area (Å²) in [5, 5.41) is 9.28. The molecule has 1 unspecified atom stereocenters. The molecule has 0 aliphatic carbocycles. The fraction of sp³-hybridized carbons (Fsp3) is 0.364. The van der Waals surface area contributed by atoms with E-state index in [-0.39, 0.29) is 6.61 Å². The van der Waals surface area contributed by atoms with Gasteiger partial charge in [0.05, 0.1) is 0 Å². The van der Waals surface area contributed by atoms with Crippen molar-refractivity contribution in [2.45, 2.75) is 19.9 Å². The second-order valence-corrected chi connectivity index (χ2v) is 4.00. The minimum atomic E-state index is -1.08. The monoisotopic (exact) mass is 243 g/mol. The summed E-state index contributed by atoms with van der Waals surface area (Å²) in [4.78, 5) is 10.5. The van der Waals surface area contributed by atoms with Gasteiger partial charge < -0.3 is 15.6 Å². The molecule has 0 aromatic heterocycles. The van der Waals surface area contributed by atoms with Gasteiger partial charge in [-0.05, 0) is 37.1 Å². The number of hydrogen-bond acceptors (Lipinski definition) is 3. The van der Waals surface area contributed by atoms with E-state index in [4.69, 9.17) is 27.2 Å². The lowest BCUT2D eigenvalue weighted by molar-refractivity contribution is -0.139. The van der Waals surface area contributed by atoms with Crippen molar-refractivity contribution in [2.75, 3.05) is 6.61 Å². The predicted molar refractivity (Wildman–Crippen MR) is 62.0 cm³/mol. The van der Waals surface area contributed by atoms with Gasteiger partial charge >= 0.3 is 5.97 Å². The molecule has 0 radical (unpaired) electrons. The highest BCUT2D eigenvalue weighted by Gasteiger charge is 2.12. The molecule has 0 aliphatic heterocycles. The van der Waals surface area contributed by atoms with E-state index in [1.54, 1.807) is 12.1 Å². The van der Waals surface area contributed by atoms with E-state index >= 15 is 0 Å². The van der Waals surface area contributed by atoms with Gasteiger partial charge in [0, 0.05) is 5.02 Å². The first-order valence-corrected chi connectivity index (χ1v) is 5.17. The van der Waals surface area contributed by atoms with Crippen LogP contribution in [0, 0.1) is 13.8 Å². The van der Waals surface area contributed by atoms with Crippen molar-refractivity contribution >= 4 is 17.6 Å². The average Bonchev–Trinajstić information content (AvgIpc) is 2.22. The molecule has 0 heterocycles. The summed E-state index contributed by atoms with van der Waals surface area (Å²) in [5.41, 5.74) is 7.10. The van der Waals surface area contributed by atoms with Crippen molar-refractivity contribution in [1.82, 2.24) is 0 Å². The topological polar surface area (TPSA) is 72.5 Å². The molecule has 0 amide bonds. The molecule has 1 aromatic rings. The predicted octanol–water partition coefficient (Wildman–Crippen LogP) is 1.75. The van der Waals surface area contributed by atoms with E-state index in [0.717, 1.165) is 11.1 Å². The van der Waals surface area contributed by atoms with E-state index in [0.29, 0.717) is 10.8 Å². The van der Waals surface area contributed by atoms with Crippen LogP contribution in [0.3, 0.4) is 0 Å². The number of hydrogen-bond donors (Lipinski definition) is 2. The summed E-state index contributed by atoms with van der Waals surface area (Å²) in [6, 6.07) is 2.49. The first-order valence-electron chi connectivity index (χ1n) is 4.79. The Morgan fingerprint density at radius 1 is 1.50 bits per heavy atom. The van der Waals surface area contributed by atoms with Crippen LogP contribution in [0.5, 0.6) is 5.75 Å². The molecule has 16 heavy (non-hydrogen) atoms. The molecular formula is C11H14ClNO3. The van der Waals surface area contributed by atoms with E-state index < -0.39 is 12.0 Å². The third-order valence-corrected chi connectivity index (χ3v) is 2.75. The maximum Gasteiger partial charge on any atom is 0.324 e. The molecule has 0 fully saturated rings. The van der Waals surface area contributed by atoms with Crippen LogP contribution in [0.2, 0.25) is 5.02 Å². The maximum absolute atomic E-state index is 10.5. The number of benzene rings is 1. The van der Waals surface area contributed by atoms with Crippen molar-refractivity contribution in [3.8, 4) is 5.75 Å². The number of carboxylic acids is 1. The number of aliphatic carboxylic acids is 1. The highest BCUT2D eigenvalue weighted by atomic mass is 35.5. The molecule has 0 bridgehead atoms. The van der Waals surface area contributed by atoms with Crippen LogP contribution in [0.4, 0.5) is 0 Å².